The largest absolute Gasteiger partial charge is 0.356 e. The van der Waals surface area contributed by atoms with Gasteiger partial charge in [0, 0.05) is 38.3 Å². The van der Waals surface area contributed by atoms with Crippen molar-refractivity contribution in [1.82, 2.24) is 10.2 Å². The number of carbonyl (C=O) groups excluding carboxylic acids is 2. The lowest BCUT2D eigenvalue weighted by Gasteiger charge is -2.26. The molecule has 0 spiro atoms. The normalized spacial score (nSPS) is 17.1. The highest BCUT2D eigenvalue weighted by atomic mass is 35.5. The summed E-state index contributed by atoms with van der Waals surface area (Å²) < 4.78 is 13.4. The van der Waals surface area contributed by atoms with E-state index in [1.165, 1.54) is 23.1 Å². The zero-order valence-electron chi connectivity index (χ0n) is 17.9. The molecule has 1 unspecified atom stereocenters. The maximum Gasteiger partial charge on any atom is 0.227 e. The van der Waals surface area contributed by atoms with Crippen molar-refractivity contribution >= 4 is 29.1 Å². The molecular weight excluding hydrogens is 393 g/mol. The fourth-order valence-electron chi connectivity index (χ4n) is 3.73. The zero-order valence-corrected chi connectivity index (χ0v) is 18.6. The van der Waals surface area contributed by atoms with Gasteiger partial charge in [0.15, 0.2) is 0 Å². The van der Waals surface area contributed by atoms with Crippen molar-refractivity contribution in [2.24, 2.45) is 17.8 Å². The standard InChI is InChI=1S/C22H33ClFN3O2/c1-15(2)12-26(13-16(3)4)9-5-8-25-22(29)17-10-21(28)27(14-17)18-6-7-20(24)19(23)11-18/h6-7,11,15-17H,5,8-10,12-14H2,1-4H3,(H,25,29). The van der Waals surface area contributed by atoms with Crippen molar-refractivity contribution in [1.29, 1.82) is 0 Å². The first-order valence-electron chi connectivity index (χ1n) is 10.4. The van der Waals surface area contributed by atoms with Crippen LogP contribution >= 0.6 is 11.6 Å². The number of benzene rings is 1. The van der Waals surface area contributed by atoms with E-state index in [1.54, 1.807) is 0 Å². The quantitative estimate of drug-likeness (QED) is 0.577. The zero-order chi connectivity index (χ0) is 21.6. The van der Waals surface area contributed by atoms with Crippen LogP contribution in [0.25, 0.3) is 0 Å². The number of amides is 2. The minimum Gasteiger partial charge on any atom is -0.356 e. The van der Waals surface area contributed by atoms with Gasteiger partial charge in [-0.15, -0.1) is 0 Å². The number of rotatable bonds is 10. The summed E-state index contributed by atoms with van der Waals surface area (Å²) in [6.07, 6.45) is 1.04. The fourth-order valence-corrected chi connectivity index (χ4v) is 3.91. The first-order chi connectivity index (χ1) is 13.7. The van der Waals surface area contributed by atoms with E-state index >= 15 is 0 Å². The molecule has 2 rings (SSSR count). The number of hydrogen-bond acceptors (Lipinski definition) is 3. The Morgan fingerprint density at radius 3 is 2.52 bits per heavy atom. The summed E-state index contributed by atoms with van der Waals surface area (Å²) in [7, 11) is 0. The summed E-state index contributed by atoms with van der Waals surface area (Å²) in [5, 5.41) is 2.94. The van der Waals surface area contributed by atoms with Crippen molar-refractivity contribution < 1.29 is 14.0 Å². The molecule has 0 aliphatic carbocycles. The summed E-state index contributed by atoms with van der Waals surface area (Å²) in [5.74, 6) is 0.0490. The van der Waals surface area contributed by atoms with Gasteiger partial charge < -0.3 is 15.1 Å². The molecule has 1 atom stereocenters. The van der Waals surface area contributed by atoms with Gasteiger partial charge in [0.2, 0.25) is 11.8 Å². The van der Waals surface area contributed by atoms with Gasteiger partial charge in [-0.25, -0.2) is 4.39 Å². The molecular formula is C22H33ClFN3O2. The van der Waals surface area contributed by atoms with Crippen LogP contribution < -0.4 is 10.2 Å². The number of nitrogens with zero attached hydrogens (tertiary/aromatic N) is 2. The topological polar surface area (TPSA) is 52.7 Å². The van der Waals surface area contributed by atoms with E-state index in [0.717, 1.165) is 26.1 Å². The Hall–Kier alpha value is -1.66. The molecule has 5 nitrogen and oxygen atoms in total. The van der Waals surface area contributed by atoms with E-state index in [0.29, 0.717) is 30.6 Å². The molecule has 1 heterocycles. The third kappa shape index (κ3) is 7.27. The van der Waals surface area contributed by atoms with Crippen LogP contribution in [0.2, 0.25) is 5.02 Å². The Morgan fingerprint density at radius 2 is 1.93 bits per heavy atom. The number of carbonyl (C=O) groups is 2. The Morgan fingerprint density at radius 1 is 1.28 bits per heavy atom. The lowest BCUT2D eigenvalue weighted by Crippen LogP contribution is -2.36. The van der Waals surface area contributed by atoms with Gasteiger partial charge >= 0.3 is 0 Å². The van der Waals surface area contributed by atoms with Gasteiger partial charge in [0.05, 0.1) is 10.9 Å². The van der Waals surface area contributed by atoms with Gasteiger partial charge in [0.25, 0.3) is 0 Å². The lowest BCUT2D eigenvalue weighted by molar-refractivity contribution is -0.126. The first-order valence-corrected chi connectivity index (χ1v) is 10.8. The molecule has 1 aromatic rings. The fraction of sp³-hybridized carbons (Fsp3) is 0.636. The maximum atomic E-state index is 13.4. The lowest BCUT2D eigenvalue weighted by atomic mass is 10.1. The van der Waals surface area contributed by atoms with Crippen LogP contribution in [-0.4, -0.2) is 49.4 Å². The highest BCUT2D eigenvalue weighted by molar-refractivity contribution is 6.31. The van der Waals surface area contributed by atoms with E-state index in [2.05, 4.69) is 37.9 Å². The van der Waals surface area contributed by atoms with Gasteiger partial charge in [0.1, 0.15) is 5.82 Å². The molecule has 0 bridgehead atoms. The van der Waals surface area contributed by atoms with E-state index in [1.807, 2.05) is 0 Å². The molecule has 7 heteroatoms. The Bertz CT molecular complexity index is 701. The van der Waals surface area contributed by atoms with E-state index in [4.69, 9.17) is 11.6 Å². The summed E-state index contributed by atoms with van der Waals surface area (Å²) >= 11 is 5.82. The van der Waals surface area contributed by atoms with Crippen LogP contribution in [0.15, 0.2) is 18.2 Å². The van der Waals surface area contributed by atoms with Crippen molar-refractivity contribution in [3.8, 4) is 0 Å². The molecule has 1 saturated heterocycles. The minimum absolute atomic E-state index is 0.0319. The van der Waals surface area contributed by atoms with E-state index in [9.17, 15) is 14.0 Å². The number of hydrogen-bond donors (Lipinski definition) is 1. The molecule has 1 aliphatic heterocycles. The molecule has 0 radical (unpaired) electrons. The molecule has 0 aromatic heterocycles. The monoisotopic (exact) mass is 425 g/mol. The van der Waals surface area contributed by atoms with Gasteiger partial charge in [-0.05, 0) is 43.0 Å². The highest BCUT2D eigenvalue weighted by Crippen LogP contribution is 2.28. The van der Waals surface area contributed by atoms with Crippen LogP contribution in [-0.2, 0) is 9.59 Å². The van der Waals surface area contributed by atoms with Crippen molar-refractivity contribution in [3.05, 3.63) is 29.0 Å². The number of halogens is 2. The van der Waals surface area contributed by atoms with Gasteiger partial charge in [-0.1, -0.05) is 39.3 Å². The summed E-state index contributed by atoms with van der Waals surface area (Å²) in [5.41, 5.74) is 0.523. The second-order valence-corrected chi connectivity index (χ2v) is 9.10. The smallest absolute Gasteiger partial charge is 0.227 e. The van der Waals surface area contributed by atoms with Crippen LogP contribution in [0.1, 0.15) is 40.5 Å². The Kier molecular flexibility index (Phi) is 8.90. The van der Waals surface area contributed by atoms with Crippen LogP contribution in [0.4, 0.5) is 10.1 Å². The van der Waals surface area contributed by atoms with Crippen LogP contribution in [0.3, 0.4) is 0 Å². The van der Waals surface area contributed by atoms with Crippen LogP contribution in [0.5, 0.6) is 0 Å². The number of nitrogens with one attached hydrogen (secondary N) is 1. The second-order valence-electron chi connectivity index (χ2n) is 8.70. The van der Waals surface area contributed by atoms with Gasteiger partial charge in [-0.3, -0.25) is 9.59 Å². The second kappa shape index (κ2) is 10.9. The van der Waals surface area contributed by atoms with Crippen molar-refractivity contribution in [3.63, 3.8) is 0 Å². The maximum absolute atomic E-state index is 13.4. The summed E-state index contributed by atoms with van der Waals surface area (Å²) in [4.78, 5) is 28.8. The van der Waals surface area contributed by atoms with E-state index in [-0.39, 0.29) is 23.3 Å². The Balaban J connectivity index is 1.80. The molecule has 1 aliphatic rings. The summed E-state index contributed by atoms with van der Waals surface area (Å²) in [6, 6.07) is 4.17. The molecule has 162 valence electrons. The molecule has 29 heavy (non-hydrogen) atoms. The third-order valence-corrected chi connectivity index (χ3v) is 5.20. The van der Waals surface area contributed by atoms with Gasteiger partial charge in [-0.2, -0.15) is 0 Å². The third-order valence-electron chi connectivity index (χ3n) is 4.91. The molecule has 1 aromatic carbocycles. The SMILES string of the molecule is CC(C)CN(CCCNC(=O)C1CC(=O)N(c2ccc(F)c(Cl)c2)C1)CC(C)C. The first kappa shape index (κ1) is 23.6. The highest BCUT2D eigenvalue weighted by Gasteiger charge is 2.35. The average molecular weight is 426 g/mol. The number of anilines is 1. The average Bonchev–Trinajstić information content (AvgIpc) is 3.01. The van der Waals surface area contributed by atoms with Crippen LogP contribution in [0, 0.1) is 23.6 Å². The predicted octanol–water partition coefficient (Wildman–Crippen LogP) is 3.95. The molecule has 1 fully saturated rings. The Labute approximate surface area is 178 Å². The van der Waals surface area contributed by atoms with Crippen molar-refractivity contribution in [2.45, 2.75) is 40.5 Å². The molecule has 2 amide bonds. The van der Waals surface area contributed by atoms with E-state index < -0.39 is 11.7 Å². The summed E-state index contributed by atoms with van der Waals surface area (Å²) in [6.45, 7) is 12.8. The van der Waals surface area contributed by atoms with Crippen molar-refractivity contribution in [2.75, 3.05) is 37.6 Å². The minimum atomic E-state index is -0.527. The predicted molar refractivity (Wildman–Crippen MR) is 116 cm³/mol. The molecule has 0 saturated carbocycles. The molecule has 1 N–H and O–H groups in total.